The molecule has 20 heavy (non-hydrogen) atoms. The van der Waals surface area contributed by atoms with Gasteiger partial charge in [0, 0.05) is 10.5 Å². The molecular formula is C15H19Br2N3. The summed E-state index contributed by atoms with van der Waals surface area (Å²) in [6.45, 7) is 6.39. The Hall–Kier alpha value is -0.650. The first kappa shape index (κ1) is 15.7. The maximum atomic E-state index is 4.48. The van der Waals surface area contributed by atoms with Crippen molar-refractivity contribution in [1.29, 1.82) is 0 Å². The molecule has 5 heteroatoms. The van der Waals surface area contributed by atoms with Crippen molar-refractivity contribution in [2.75, 3.05) is 7.05 Å². The summed E-state index contributed by atoms with van der Waals surface area (Å²) in [5, 5.41) is 7.88. The van der Waals surface area contributed by atoms with Crippen LogP contribution in [0.1, 0.15) is 42.8 Å². The summed E-state index contributed by atoms with van der Waals surface area (Å²) in [5.41, 5.74) is 3.60. The fourth-order valence-corrected chi connectivity index (χ4v) is 3.36. The summed E-state index contributed by atoms with van der Waals surface area (Å²) in [4.78, 5) is 0. The molecule has 1 unspecified atom stereocenters. The van der Waals surface area contributed by atoms with E-state index in [1.165, 1.54) is 11.1 Å². The Morgan fingerprint density at radius 3 is 2.55 bits per heavy atom. The minimum absolute atomic E-state index is 0.0866. The van der Waals surface area contributed by atoms with E-state index in [4.69, 9.17) is 0 Å². The highest BCUT2D eigenvalue weighted by Gasteiger charge is 2.23. The van der Waals surface area contributed by atoms with Crippen LogP contribution in [-0.4, -0.2) is 16.8 Å². The molecule has 0 spiro atoms. The molecule has 0 amide bonds. The predicted molar refractivity (Wildman–Crippen MR) is 90.1 cm³/mol. The van der Waals surface area contributed by atoms with Crippen LogP contribution in [0.5, 0.6) is 0 Å². The first-order valence-electron chi connectivity index (χ1n) is 6.62. The van der Waals surface area contributed by atoms with Crippen LogP contribution in [0.25, 0.3) is 0 Å². The standard InChI is InChI=1S/C15H19Br2N3/c1-9(2)20-15(12(16)8-19-20)14(18-4)11-7-5-6-10(3)13(11)17/h5-9,14,18H,1-4H3. The number of halogens is 2. The molecule has 0 saturated heterocycles. The van der Waals surface area contributed by atoms with Crippen molar-refractivity contribution in [2.24, 2.45) is 0 Å². The highest BCUT2D eigenvalue weighted by Crippen LogP contribution is 2.34. The van der Waals surface area contributed by atoms with Crippen LogP contribution in [0.2, 0.25) is 0 Å². The third kappa shape index (κ3) is 2.85. The molecule has 1 heterocycles. The van der Waals surface area contributed by atoms with Gasteiger partial charge < -0.3 is 5.32 Å². The first-order chi connectivity index (χ1) is 9.47. The van der Waals surface area contributed by atoms with E-state index in [0.717, 1.165) is 14.6 Å². The van der Waals surface area contributed by atoms with E-state index in [1.54, 1.807) is 0 Å². The second-order valence-corrected chi connectivity index (χ2v) is 6.76. The van der Waals surface area contributed by atoms with E-state index < -0.39 is 0 Å². The van der Waals surface area contributed by atoms with E-state index >= 15 is 0 Å². The van der Waals surface area contributed by atoms with Gasteiger partial charge in [-0.25, -0.2) is 0 Å². The van der Waals surface area contributed by atoms with Crippen molar-refractivity contribution in [3.8, 4) is 0 Å². The number of aryl methyl sites for hydroxylation is 1. The zero-order valence-corrected chi connectivity index (χ0v) is 15.3. The first-order valence-corrected chi connectivity index (χ1v) is 8.21. The number of benzene rings is 1. The van der Waals surface area contributed by atoms with Gasteiger partial charge in [0.25, 0.3) is 0 Å². The van der Waals surface area contributed by atoms with Crippen molar-refractivity contribution in [1.82, 2.24) is 15.1 Å². The summed E-state index contributed by atoms with van der Waals surface area (Å²) in [7, 11) is 1.98. The van der Waals surface area contributed by atoms with Crippen molar-refractivity contribution in [2.45, 2.75) is 32.9 Å². The van der Waals surface area contributed by atoms with E-state index in [-0.39, 0.29) is 6.04 Å². The average molecular weight is 401 g/mol. The molecule has 3 nitrogen and oxygen atoms in total. The van der Waals surface area contributed by atoms with Crippen molar-refractivity contribution in [3.05, 3.63) is 50.2 Å². The maximum Gasteiger partial charge on any atom is 0.0768 e. The third-order valence-electron chi connectivity index (χ3n) is 3.37. The number of aromatic nitrogens is 2. The Morgan fingerprint density at radius 2 is 1.95 bits per heavy atom. The molecule has 1 aromatic heterocycles. The summed E-state index contributed by atoms with van der Waals surface area (Å²) in [6, 6.07) is 6.74. The largest absolute Gasteiger partial charge is 0.308 e. The zero-order chi connectivity index (χ0) is 14.9. The van der Waals surface area contributed by atoms with Gasteiger partial charge in [-0.15, -0.1) is 0 Å². The Morgan fingerprint density at radius 1 is 1.25 bits per heavy atom. The fraction of sp³-hybridized carbons (Fsp3) is 0.400. The lowest BCUT2D eigenvalue weighted by atomic mass is 10.0. The highest BCUT2D eigenvalue weighted by molar-refractivity contribution is 9.10. The minimum atomic E-state index is 0.0866. The van der Waals surface area contributed by atoms with E-state index in [0.29, 0.717) is 6.04 Å². The minimum Gasteiger partial charge on any atom is -0.308 e. The van der Waals surface area contributed by atoms with Crippen molar-refractivity contribution >= 4 is 31.9 Å². The van der Waals surface area contributed by atoms with Crippen LogP contribution in [-0.2, 0) is 0 Å². The monoisotopic (exact) mass is 399 g/mol. The van der Waals surface area contributed by atoms with E-state index in [9.17, 15) is 0 Å². The summed E-state index contributed by atoms with van der Waals surface area (Å²) in [5.74, 6) is 0. The highest BCUT2D eigenvalue weighted by atomic mass is 79.9. The molecule has 0 aliphatic rings. The van der Waals surface area contributed by atoms with Crippen LogP contribution < -0.4 is 5.32 Å². The molecule has 0 aliphatic heterocycles. The van der Waals surface area contributed by atoms with Gasteiger partial charge in [-0.1, -0.05) is 34.1 Å². The maximum absolute atomic E-state index is 4.48. The lowest BCUT2D eigenvalue weighted by Crippen LogP contribution is -2.23. The predicted octanol–water partition coefficient (Wildman–Crippen LogP) is 4.61. The number of nitrogens with one attached hydrogen (secondary N) is 1. The number of hydrogen-bond donors (Lipinski definition) is 1. The van der Waals surface area contributed by atoms with E-state index in [2.05, 4.69) is 85.9 Å². The van der Waals surface area contributed by atoms with Gasteiger partial charge in [0.15, 0.2) is 0 Å². The number of nitrogens with zero attached hydrogens (tertiary/aromatic N) is 2. The van der Waals surface area contributed by atoms with Crippen molar-refractivity contribution < 1.29 is 0 Å². The van der Waals surface area contributed by atoms with Gasteiger partial charge in [0.1, 0.15) is 0 Å². The molecule has 1 aromatic carbocycles. The molecule has 0 radical (unpaired) electrons. The van der Waals surface area contributed by atoms with Crippen LogP contribution >= 0.6 is 31.9 Å². The molecule has 2 aromatic rings. The molecule has 2 rings (SSSR count). The van der Waals surface area contributed by atoms with Gasteiger partial charge in [-0.3, -0.25) is 4.68 Å². The van der Waals surface area contributed by atoms with Crippen LogP contribution in [0.4, 0.5) is 0 Å². The topological polar surface area (TPSA) is 29.9 Å². The summed E-state index contributed by atoms with van der Waals surface area (Å²) < 4.78 is 4.22. The molecule has 1 N–H and O–H groups in total. The zero-order valence-electron chi connectivity index (χ0n) is 12.1. The Kier molecular flexibility index (Phi) is 5.04. The van der Waals surface area contributed by atoms with Crippen molar-refractivity contribution in [3.63, 3.8) is 0 Å². The Bertz CT molecular complexity index is 605. The lowest BCUT2D eigenvalue weighted by molar-refractivity contribution is 0.482. The number of rotatable bonds is 4. The SMILES string of the molecule is CNC(c1cccc(C)c1Br)c1c(Br)cnn1C(C)C. The Labute approximate surface area is 137 Å². The molecule has 0 bridgehead atoms. The van der Waals surface area contributed by atoms with Gasteiger partial charge in [0.05, 0.1) is 22.4 Å². The summed E-state index contributed by atoms with van der Waals surface area (Å²) in [6.07, 6.45) is 1.86. The lowest BCUT2D eigenvalue weighted by Gasteiger charge is -2.22. The van der Waals surface area contributed by atoms with Crippen LogP contribution in [0.15, 0.2) is 33.3 Å². The van der Waals surface area contributed by atoms with Gasteiger partial charge in [-0.2, -0.15) is 5.10 Å². The van der Waals surface area contributed by atoms with Gasteiger partial charge in [0.2, 0.25) is 0 Å². The number of hydrogen-bond acceptors (Lipinski definition) is 2. The summed E-state index contributed by atoms with van der Waals surface area (Å²) >= 11 is 7.34. The normalized spacial score (nSPS) is 12.9. The molecule has 108 valence electrons. The van der Waals surface area contributed by atoms with Gasteiger partial charge in [-0.05, 0) is 54.9 Å². The fourth-order valence-electron chi connectivity index (χ4n) is 2.36. The van der Waals surface area contributed by atoms with Crippen LogP contribution in [0, 0.1) is 6.92 Å². The molecule has 1 atom stereocenters. The van der Waals surface area contributed by atoms with Gasteiger partial charge >= 0.3 is 0 Å². The molecule has 0 aliphatic carbocycles. The molecular weight excluding hydrogens is 382 g/mol. The second kappa shape index (κ2) is 6.41. The average Bonchev–Trinajstić information content (AvgIpc) is 2.78. The molecule has 0 saturated carbocycles. The van der Waals surface area contributed by atoms with Crippen LogP contribution in [0.3, 0.4) is 0 Å². The Balaban J connectivity index is 2.58. The second-order valence-electron chi connectivity index (χ2n) is 5.12. The quantitative estimate of drug-likeness (QED) is 0.812. The third-order valence-corrected chi connectivity index (χ3v) is 5.07. The smallest absolute Gasteiger partial charge is 0.0768 e. The van der Waals surface area contributed by atoms with E-state index in [1.807, 2.05) is 13.2 Å². The molecule has 0 fully saturated rings.